The Balaban J connectivity index is 1.84. The van der Waals surface area contributed by atoms with Gasteiger partial charge in [-0.2, -0.15) is 0 Å². The summed E-state index contributed by atoms with van der Waals surface area (Å²) >= 11 is 0. The molecule has 0 aliphatic heterocycles. The molecule has 0 saturated heterocycles. The van der Waals surface area contributed by atoms with Gasteiger partial charge in [0, 0.05) is 23.7 Å². The number of aliphatic imine (C=N–C) groups is 1. The van der Waals surface area contributed by atoms with E-state index >= 15 is 0 Å². The number of benzene rings is 1. The number of para-hydroxylation sites is 1. The Morgan fingerprint density at radius 2 is 2.00 bits per heavy atom. The van der Waals surface area contributed by atoms with Crippen molar-refractivity contribution in [1.29, 1.82) is 0 Å². The molecule has 1 aromatic carbocycles. The fourth-order valence-corrected chi connectivity index (χ4v) is 3.24. The van der Waals surface area contributed by atoms with Gasteiger partial charge in [0.15, 0.2) is 0 Å². The van der Waals surface area contributed by atoms with Gasteiger partial charge in [0.25, 0.3) is 5.91 Å². The summed E-state index contributed by atoms with van der Waals surface area (Å²) in [5.41, 5.74) is 11.1. The third kappa shape index (κ3) is 3.82. The molecule has 1 unspecified atom stereocenters. The molecule has 1 aromatic heterocycles. The number of aromatic nitrogens is 1. The molecule has 3 N–H and O–H groups in total. The summed E-state index contributed by atoms with van der Waals surface area (Å²) in [7, 11) is 0. The zero-order valence-corrected chi connectivity index (χ0v) is 15.2. The Morgan fingerprint density at radius 3 is 2.73 bits per heavy atom. The molecular formula is C21H24N4O. The molecule has 26 heavy (non-hydrogen) atoms. The van der Waals surface area contributed by atoms with Crippen LogP contribution in [0.2, 0.25) is 0 Å². The van der Waals surface area contributed by atoms with Gasteiger partial charge < -0.3 is 11.1 Å². The van der Waals surface area contributed by atoms with Crippen LogP contribution in [-0.2, 0) is 0 Å². The predicted octanol–water partition coefficient (Wildman–Crippen LogP) is 3.60. The number of carbonyl (C=O) groups excluding carboxylic acids is 1. The zero-order chi connectivity index (χ0) is 18.5. The topological polar surface area (TPSA) is 80.4 Å². The van der Waals surface area contributed by atoms with Crippen molar-refractivity contribution in [3.63, 3.8) is 0 Å². The highest BCUT2D eigenvalue weighted by molar-refractivity contribution is 6.04. The standard InChI is InChI=1S/C21H24N4O/c1-14-7-3-4-9-17(14)24-18-10-5-11-19(16(18)13-22)25-21(26)20-15(2)8-6-12-23-20/h3-4,6-9,12-13,19H,5,10-11,22H2,1-2H3,(H,25,26). The third-order valence-corrected chi connectivity index (χ3v) is 4.70. The van der Waals surface area contributed by atoms with Gasteiger partial charge in [0.1, 0.15) is 5.69 Å². The lowest BCUT2D eigenvalue weighted by atomic mass is 9.88. The number of nitrogens with zero attached hydrogens (tertiary/aromatic N) is 2. The number of nitrogens with one attached hydrogen (secondary N) is 1. The number of hydrogen-bond donors (Lipinski definition) is 2. The molecule has 2 aromatic rings. The zero-order valence-electron chi connectivity index (χ0n) is 15.2. The first-order valence-corrected chi connectivity index (χ1v) is 8.88. The minimum absolute atomic E-state index is 0.148. The third-order valence-electron chi connectivity index (χ3n) is 4.70. The molecule has 1 heterocycles. The van der Waals surface area contributed by atoms with E-state index in [2.05, 4.69) is 10.3 Å². The second kappa shape index (κ2) is 7.95. The molecule has 0 radical (unpaired) electrons. The second-order valence-corrected chi connectivity index (χ2v) is 6.55. The van der Waals surface area contributed by atoms with Gasteiger partial charge in [-0.25, -0.2) is 0 Å². The van der Waals surface area contributed by atoms with E-state index in [1.165, 1.54) is 0 Å². The minimum atomic E-state index is -0.176. The van der Waals surface area contributed by atoms with Crippen molar-refractivity contribution < 1.29 is 4.79 Å². The number of rotatable bonds is 3. The van der Waals surface area contributed by atoms with Crippen molar-refractivity contribution in [2.75, 3.05) is 0 Å². The van der Waals surface area contributed by atoms with Crippen molar-refractivity contribution in [2.24, 2.45) is 10.7 Å². The normalized spacial score (nSPS) is 20.3. The summed E-state index contributed by atoms with van der Waals surface area (Å²) in [5.74, 6) is -0.176. The van der Waals surface area contributed by atoms with Crippen molar-refractivity contribution in [3.05, 3.63) is 71.2 Å². The lowest BCUT2D eigenvalue weighted by Gasteiger charge is -2.27. The van der Waals surface area contributed by atoms with Crippen LogP contribution in [0, 0.1) is 13.8 Å². The van der Waals surface area contributed by atoms with Crippen LogP contribution in [0.5, 0.6) is 0 Å². The van der Waals surface area contributed by atoms with Gasteiger partial charge >= 0.3 is 0 Å². The maximum atomic E-state index is 12.6. The van der Waals surface area contributed by atoms with Gasteiger partial charge in [-0.05, 0) is 56.4 Å². The first-order chi connectivity index (χ1) is 12.6. The van der Waals surface area contributed by atoms with E-state index < -0.39 is 0 Å². The average Bonchev–Trinajstić information content (AvgIpc) is 2.64. The molecule has 1 aliphatic carbocycles. The van der Waals surface area contributed by atoms with E-state index in [1.54, 1.807) is 12.4 Å². The molecule has 1 atom stereocenters. The lowest BCUT2D eigenvalue weighted by Crippen LogP contribution is -2.41. The summed E-state index contributed by atoms with van der Waals surface area (Å²) in [4.78, 5) is 21.7. The first kappa shape index (κ1) is 17.9. The molecular weight excluding hydrogens is 324 g/mol. The van der Waals surface area contributed by atoms with Gasteiger partial charge in [-0.15, -0.1) is 0 Å². The molecule has 5 nitrogen and oxygen atoms in total. The van der Waals surface area contributed by atoms with Crippen LogP contribution in [0.4, 0.5) is 5.69 Å². The molecule has 5 heteroatoms. The Bertz CT molecular complexity index is 870. The molecule has 1 fully saturated rings. The van der Waals surface area contributed by atoms with Gasteiger partial charge in [0.05, 0.1) is 11.7 Å². The number of nitrogens with two attached hydrogens (primary N) is 1. The number of amides is 1. The van der Waals surface area contributed by atoms with Crippen LogP contribution >= 0.6 is 0 Å². The number of hydrogen-bond acceptors (Lipinski definition) is 4. The van der Waals surface area contributed by atoms with E-state index in [9.17, 15) is 4.79 Å². The molecule has 0 bridgehead atoms. The average molecular weight is 348 g/mol. The molecule has 0 spiro atoms. The van der Waals surface area contributed by atoms with Crippen molar-refractivity contribution >= 4 is 17.3 Å². The lowest BCUT2D eigenvalue weighted by molar-refractivity contribution is 0.0935. The predicted molar refractivity (Wildman–Crippen MR) is 105 cm³/mol. The van der Waals surface area contributed by atoms with Gasteiger partial charge in [-0.1, -0.05) is 24.3 Å². The Labute approximate surface area is 154 Å². The van der Waals surface area contributed by atoms with Crippen LogP contribution < -0.4 is 11.1 Å². The van der Waals surface area contributed by atoms with Crippen LogP contribution in [0.15, 0.2) is 59.4 Å². The number of aryl methyl sites for hydroxylation is 2. The molecule has 1 saturated carbocycles. The first-order valence-electron chi connectivity index (χ1n) is 8.88. The maximum Gasteiger partial charge on any atom is 0.270 e. The second-order valence-electron chi connectivity index (χ2n) is 6.55. The Kier molecular flexibility index (Phi) is 5.46. The van der Waals surface area contributed by atoms with Gasteiger partial charge in [0.2, 0.25) is 0 Å². The van der Waals surface area contributed by atoms with Crippen LogP contribution in [0.1, 0.15) is 40.9 Å². The molecule has 1 aliphatic rings. The summed E-state index contributed by atoms with van der Waals surface area (Å²) in [5, 5.41) is 3.08. The van der Waals surface area contributed by atoms with E-state index in [4.69, 9.17) is 10.7 Å². The Morgan fingerprint density at radius 1 is 1.23 bits per heavy atom. The molecule has 3 rings (SSSR count). The Hall–Kier alpha value is -2.95. The monoisotopic (exact) mass is 348 g/mol. The summed E-state index contributed by atoms with van der Waals surface area (Å²) in [6.45, 7) is 3.92. The fraction of sp³-hybridized carbons (Fsp3) is 0.286. The van der Waals surface area contributed by atoms with Crippen molar-refractivity contribution in [3.8, 4) is 0 Å². The van der Waals surface area contributed by atoms with Crippen LogP contribution in [0.3, 0.4) is 0 Å². The smallest absolute Gasteiger partial charge is 0.270 e. The van der Waals surface area contributed by atoms with Crippen molar-refractivity contribution in [2.45, 2.75) is 39.2 Å². The summed E-state index contributed by atoms with van der Waals surface area (Å²) in [6, 6.07) is 11.6. The highest BCUT2D eigenvalue weighted by Gasteiger charge is 2.26. The summed E-state index contributed by atoms with van der Waals surface area (Å²) < 4.78 is 0. The van der Waals surface area contributed by atoms with Crippen LogP contribution in [-0.4, -0.2) is 22.6 Å². The van der Waals surface area contributed by atoms with E-state index in [0.717, 1.165) is 47.4 Å². The SMILES string of the molecule is Cc1ccccc1N=C1CCCC(NC(=O)c2ncccc2C)C1=CN. The molecule has 134 valence electrons. The quantitative estimate of drug-likeness (QED) is 0.889. The van der Waals surface area contributed by atoms with Crippen LogP contribution in [0.25, 0.3) is 0 Å². The highest BCUT2D eigenvalue weighted by Crippen LogP contribution is 2.26. The molecule has 1 amide bonds. The fourth-order valence-electron chi connectivity index (χ4n) is 3.24. The largest absolute Gasteiger partial charge is 0.404 e. The minimum Gasteiger partial charge on any atom is -0.404 e. The maximum absolute atomic E-state index is 12.6. The van der Waals surface area contributed by atoms with Crippen molar-refractivity contribution in [1.82, 2.24) is 10.3 Å². The number of carbonyl (C=O) groups is 1. The van der Waals surface area contributed by atoms with E-state index in [0.29, 0.717) is 5.69 Å². The summed E-state index contributed by atoms with van der Waals surface area (Å²) in [6.07, 6.45) is 5.86. The highest BCUT2D eigenvalue weighted by atomic mass is 16.1. The van der Waals surface area contributed by atoms with E-state index in [1.807, 2.05) is 50.2 Å². The van der Waals surface area contributed by atoms with E-state index in [-0.39, 0.29) is 11.9 Å². The number of pyridine rings is 1. The van der Waals surface area contributed by atoms with Gasteiger partial charge in [-0.3, -0.25) is 14.8 Å².